The van der Waals surface area contributed by atoms with E-state index in [-0.39, 0.29) is 6.54 Å². The van der Waals surface area contributed by atoms with Crippen LogP contribution in [0.5, 0.6) is 0 Å². The second-order valence-corrected chi connectivity index (χ2v) is 8.60. The van der Waals surface area contributed by atoms with Crippen molar-refractivity contribution in [1.82, 2.24) is 5.32 Å². The summed E-state index contributed by atoms with van der Waals surface area (Å²) in [6.07, 6.45) is 1.10. The lowest BCUT2D eigenvalue weighted by atomic mass is 10.1. The van der Waals surface area contributed by atoms with Crippen LogP contribution in [0.15, 0.2) is 42.5 Å². The number of amides is 1. The van der Waals surface area contributed by atoms with Gasteiger partial charge in [-0.3, -0.25) is 9.10 Å². The van der Waals surface area contributed by atoms with Crippen LogP contribution in [0.1, 0.15) is 23.6 Å². The number of hydrogen-bond donors (Lipinski definition) is 1. The van der Waals surface area contributed by atoms with Crippen LogP contribution >= 0.6 is 11.6 Å². The van der Waals surface area contributed by atoms with Crippen molar-refractivity contribution in [3.63, 3.8) is 0 Å². The molecule has 0 fully saturated rings. The van der Waals surface area contributed by atoms with E-state index < -0.39 is 22.0 Å². The van der Waals surface area contributed by atoms with E-state index in [4.69, 9.17) is 11.6 Å². The summed E-state index contributed by atoms with van der Waals surface area (Å²) in [4.78, 5) is 12.6. The molecule has 0 radical (unpaired) electrons. The Morgan fingerprint density at radius 3 is 2.46 bits per heavy atom. The monoisotopic (exact) mass is 394 g/mol. The molecule has 0 aliphatic carbocycles. The Bertz CT molecular complexity index is 913. The molecule has 0 spiro atoms. The number of aryl methyl sites for hydroxylation is 2. The van der Waals surface area contributed by atoms with Crippen LogP contribution in [-0.2, 0) is 21.4 Å². The van der Waals surface area contributed by atoms with Gasteiger partial charge < -0.3 is 5.32 Å². The molecule has 26 heavy (non-hydrogen) atoms. The SMILES string of the molecule is Cc1ccc(C)c(N(C(C)C(=O)NCc2ccccc2Cl)S(C)(=O)=O)c1. The van der Waals surface area contributed by atoms with Crippen LogP contribution in [0, 0.1) is 13.8 Å². The normalized spacial score (nSPS) is 12.5. The van der Waals surface area contributed by atoms with Gasteiger partial charge in [0.2, 0.25) is 15.9 Å². The van der Waals surface area contributed by atoms with Gasteiger partial charge in [-0.05, 0) is 49.6 Å². The van der Waals surface area contributed by atoms with Crippen LogP contribution in [-0.4, -0.2) is 26.6 Å². The zero-order valence-corrected chi connectivity index (χ0v) is 16.9. The third-order valence-corrected chi connectivity index (χ3v) is 5.70. The first-order valence-electron chi connectivity index (χ1n) is 8.19. The fourth-order valence-corrected chi connectivity index (χ4v) is 4.14. The molecule has 2 aromatic carbocycles. The third-order valence-electron chi connectivity index (χ3n) is 4.10. The second-order valence-electron chi connectivity index (χ2n) is 6.33. The summed E-state index contributed by atoms with van der Waals surface area (Å²) >= 11 is 6.10. The highest BCUT2D eigenvalue weighted by molar-refractivity contribution is 7.92. The number of anilines is 1. The highest BCUT2D eigenvalue weighted by atomic mass is 35.5. The Morgan fingerprint density at radius 1 is 1.19 bits per heavy atom. The number of nitrogens with one attached hydrogen (secondary N) is 1. The first-order chi connectivity index (χ1) is 12.1. The standard InChI is InChI=1S/C19H23ClN2O3S/c1-13-9-10-14(2)18(11-13)22(26(4,24)25)15(3)19(23)21-12-16-7-5-6-8-17(16)20/h5-11,15H,12H2,1-4H3,(H,21,23). The number of rotatable bonds is 6. The molecule has 0 bridgehead atoms. The van der Waals surface area contributed by atoms with Gasteiger partial charge in [0.25, 0.3) is 0 Å². The van der Waals surface area contributed by atoms with Crippen LogP contribution < -0.4 is 9.62 Å². The molecule has 0 aromatic heterocycles. The van der Waals surface area contributed by atoms with Crippen LogP contribution in [0.2, 0.25) is 5.02 Å². The van der Waals surface area contributed by atoms with Gasteiger partial charge in [0, 0.05) is 11.6 Å². The highest BCUT2D eigenvalue weighted by Gasteiger charge is 2.30. The van der Waals surface area contributed by atoms with Gasteiger partial charge in [-0.2, -0.15) is 0 Å². The van der Waals surface area contributed by atoms with E-state index in [1.807, 2.05) is 44.2 Å². The molecule has 5 nitrogen and oxygen atoms in total. The molecule has 2 rings (SSSR count). The van der Waals surface area contributed by atoms with Gasteiger partial charge in [-0.1, -0.05) is 41.9 Å². The van der Waals surface area contributed by atoms with E-state index >= 15 is 0 Å². The fraction of sp³-hybridized carbons (Fsp3) is 0.316. The lowest BCUT2D eigenvalue weighted by molar-refractivity contribution is -0.122. The maximum absolute atomic E-state index is 12.6. The largest absolute Gasteiger partial charge is 0.350 e. The van der Waals surface area contributed by atoms with Crippen molar-refractivity contribution in [3.05, 3.63) is 64.2 Å². The molecular weight excluding hydrogens is 372 g/mol. The lowest BCUT2D eigenvalue weighted by Gasteiger charge is -2.29. The third kappa shape index (κ3) is 4.77. The summed E-state index contributed by atoms with van der Waals surface area (Å²) in [7, 11) is -3.65. The second kappa shape index (κ2) is 8.10. The van der Waals surface area contributed by atoms with Gasteiger partial charge >= 0.3 is 0 Å². The summed E-state index contributed by atoms with van der Waals surface area (Å²) in [5.74, 6) is -0.392. The quantitative estimate of drug-likeness (QED) is 0.816. The molecule has 0 saturated heterocycles. The van der Waals surface area contributed by atoms with Gasteiger partial charge in [0.05, 0.1) is 11.9 Å². The zero-order chi connectivity index (χ0) is 19.5. The molecular formula is C19H23ClN2O3S. The topological polar surface area (TPSA) is 66.5 Å². The minimum Gasteiger partial charge on any atom is -0.350 e. The van der Waals surface area contributed by atoms with Crippen molar-refractivity contribution in [2.75, 3.05) is 10.6 Å². The van der Waals surface area contributed by atoms with E-state index in [0.717, 1.165) is 27.3 Å². The summed E-state index contributed by atoms with van der Waals surface area (Å²) in [5, 5.41) is 3.32. The molecule has 1 N–H and O–H groups in total. The number of carbonyl (C=O) groups excluding carboxylic acids is 1. The Morgan fingerprint density at radius 2 is 1.85 bits per heavy atom. The number of carbonyl (C=O) groups is 1. The Hall–Kier alpha value is -2.05. The van der Waals surface area contributed by atoms with E-state index in [2.05, 4.69) is 5.32 Å². The first kappa shape index (κ1) is 20.3. The van der Waals surface area contributed by atoms with Gasteiger partial charge in [-0.15, -0.1) is 0 Å². The Balaban J connectivity index is 2.27. The maximum Gasteiger partial charge on any atom is 0.243 e. The number of halogens is 1. The molecule has 0 saturated carbocycles. The average molecular weight is 395 g/mol. The lowest BCUT2D eigenvalue weighted by Crippen LogP contribution is -2.48. The fourth-order valence-electron chi connectivity index (χ4n) is 2.71. The van der Waals surface area contributed by atoms with Crippen LogP contribution in [0.4, 0.5) is 5.69 Å². The van der Waals surface area contributed by atoms with Crippen molar-refractivity contribution < 1.29 is 13.2 Å². The van der Waals surface area contributed by atoms with E-state index in [9.17, 15) is 13.2 Å². The van der Waals surface area contributed by atoms with Crippen LogP contribution in [0.3, 0.4) is 0 Å². The Labute approximate surface area is 160 Å². The zero-order valence-electron chi connectivity index (χ0n) is 15.3. The summed E-state index contributed by atoms with van der Waals surface area (Å²) in [6, 6.07) is 11.8. The summed E-state index contributed by atoms with van der Waals surface area (Å²) < 4.78 is 26.0. The molecule has 0 aliphatic rings. The van der Waals surface area contributed by atoms with E-state index in [0.29, 0.717) is 10.7 Å². The van der Waals surface area contributed by atoms with Crippen molar-refractivity contribution >= 4 is 33.2 Å². The van der Waals surface area contributed by atoms with Crippen molar-refractivity contribution in [1.29, 1.82) is 0 Å². The number of nitrogens with zero attached hydrogens (tertiary/aromatic N) is 1. The first-order valence-corrected chi connectivity index (χ1v) is 10.4. The molecule has 2 aromatic rings. The van der Waals surface area contributed by atoms with E-state index in [1.165, 1.54) is 0 Å². The minimum atomic E-state index is -3.65. The van der Waals surface area contributed by atoms with Gasteiger partial charge in [0.15, 0.2) is 0 Å². The predicted molar refractivity (Wildman–Crippen MR) is 106 cm³/mol. The van der Waals surface area contributed by atoms with E-state index in [1.54, 1.807) is 19.1 Å². The number of sulfonamides is 1. The maximum atomic E-state index is 12.6. The molecule has 1 atom stereocenters. The van der Waals surface area contributed by atoms with Crippen molar-refractivity contribution in [2.24, 2.45) is 0 Å². The molecule has 0 aliphatic heterocycles. The smallest absolute Gasteiger partial charge is 0.243 e. The van der Waals surface area contributed by atoms with Crippen molar-refractivity contribution in [3.8, 4) is 0 Å². The predicted octanol–water partition coefficient (Wildman–Crippen LogP) is 3.43. The molecule has 1 amide bonds. The van der Waals surface area contributed by atoms with Crippen LogP contribution in [0.25, 0.3) is 0 Å². The van der Waals surface area contributed by atoms with Crippen molar-refractivity contribution in [2.45, 2.75) is 33.4 Å². The Kier molecular flexibility index (Phi) is 6.31. The van der Waals surface area contributed by atoms with Gasteiger partial charge in [-0.25, -0.2) is 8.42 Å². The molecule has 1 unspecified atom stereocenters. The molecule has 7 heteroatoms. The van der Waals surface area contributed by atoms with Gasteiger partial charge in [0.1, 0.15) is 6.04 Å². The number of hydrogen-bond acceptors (Lipinski definition) is 3. The average Bonchev–Trinajstić information content (AvgIpc) is 2.56. The number of benzene rings is 2. The summed E-state index contributed by atoms with van der Waals surface area (Å²) in [5.41, 5.74) is 2.98. The molecule has 140 valence electrons. The highest BCUT2D eigenvalue weighted by Crippen LogP contribution is 2.26. The summed E-state index contributed by atoms with van der Waals surface area (Å²) in [6.45, 7) is 5.50. The minimum absolute atomic E-state index is 0.229. The molecule has 0 heterocycles.